The zero-order valence-corrected chi connectivity index (χ0v) is 57.3. The van der Waals surface area contributed by atoms with Crippen LogP contribution in [0.15, 0.2) is 143 Å². The van der Waals surface area contributed by atoms with Crippen molar-refractivity contribution in [3.63, 3.8) is 0 Å². The van der Waals surface area contributed by atoms with Crippen LogP contribution in [0.4, 0.5) is 0 Å². The van der Waals surface area contributed by atoms with E-state index < -0.39 is 18.4 Å². The molecule has 353 valence electrons. The molecule has 0 aliphatic rings. The smallest absolute Gasteiger partial charge is 0 e. The standard InChI is InChI=1S/3C14H13.2CH3I.3CH3N3.4CH3.Sn.3Y.4H2/c3*1-11-8-9-14(12(2)10-11)13-6-4-3-5-7-13;2*1-2;3*1-3-4-2;;;;;;;;;;;;/h3*3-8,10H,1-2H3;2*1H3;3*1H3;4*1H3;;;;;4*1H/q3*-1;;;;;;;;;;;;;;;;;/i;;;2-2;;;;;;;;;;;;;;;;. The number of rotatable bonds is 3. The van der Waals surface area contributed by atoms with E-state index in [9.17, 15) is 0 Å². The number of alkyl halides is 2. The molecule has 0 aliphatic carbocycles. The van der Waals surface area contributed by atoms with E-state index in [1.54, 1.807) is 0 Å². The number of hydrogen-bond donors (Lipinski definition) is 0. The monoisotopic (exact) mass is 1450 g/mol. The van der Waals surface area contributed by atoms with Gasteiger partial charge in [0.1, 0.15) is 0 Å². The Kier molecular flexibility index (Phi) is 58.1. The number of hydrogen-bond acceptors (Lipinski definition) is 3. The van der Waals surface area contributed by atoms with Crippen LogP contribution in [0.1, 0.15) is 39.1 Å². The van der Waals surface area contributed by atoms with Gasteiger partial charge < -0.3 is 0 Å². The summed E-state index contributed by atoms with van der Waals surface area (Å²) in [7, 11) is 4.17. The molecule has 0 spiro atoms. The van der Waals surface area contributed by atoms with Gasteiger partial charge in [-0.25, -0.2) is 0 Å². The third-order valence-electron chi connectivity index (χ3n) is 7.30. The van der Waals surface area contributed by atoms with Crippen molar-refractivity contribution in [1.82, 2.24) is 0 Å². The van der Waals surface area contributed by atoms with Gasteiger partial charge in [0.05, 0.1) is 0 Å². The fourth-order valence-corrected chi connectivity index (χ4v) is 5.01. The normalized spacial score (nSPS) is 8.32. The molecule has 6 aromatic carbocycles. The van der Waals surface area contributed by atoms with Gasteiger partial charge in [-0.2, -0.15) is 0 Å². The van der Waals surface area contributed by atoms with E-state index in [4.69, 9.17) is 16.6 Å². The van der Waals surface area contributed by atoms with Crippen LogP contribution < -0.4 is 0 Å². The first-order valence-corrected chi connectivity index (χ1v) is 35.5. The van der Waals surface area contributed by atoms with Crippen LogP contribution in [0, 0.1) is 59.7 Å². The maximum atomic E-state index is 7.33. The average molecular weight is 1450 g/mol. The molecule has 0 saturated heterocycles. The first-order valence-electron chi connectivity index (χ1n) is 19.7. The van der Waals surface area contributed by atoms with Gasteiger partial charge in [-0.15, -0.1) is 105 Å². The summed E-state index contributed by atoms with van der Waals surface area (Å²) in [5, 5.41) is 8.75. The predicted octanol–water partition coefficient (Wildman–Crippen LogP) is 19.1. The Bertz CT molecular complexity index is 2020. The van der Waals surface area contributed by atoms with Gasteiger partial charge in [-0.3, -0.25) is 0 Å². The third-order valence-corrected chi connectivity index (χ3v) is 7.30. The quantitative estimate of drug-likeness (QED) is 0.0316. The second-order valence-electron chi connectivity index (χ2n) is 14.7. The molecule has 0 atom stereocenters. The minimum Gasteiger partial charge on any atom is 0 e. The van der Waals surface area contributed by atoms with E-state index >= 15 is 0 Å². The summed E-state index contributed by atoms with van der Waals surface area (Å²) < 4.78 is 0. The second kappa shape index (κ2) is 50.2. The van der Waals surface area contributed by atoms with Crippen LogP contribution in [-0.2, 0) is 98.1 Å². The van der Waals surface area contributed by atoms with Crippen LogP contribution in [-0.4, -0.2) is 49.4 Å². The van der Waals surface area contributed by atoms with Gasteiger partial charge in [0.2, 0.25) is 0 Å². The summed E-state index contributed by atoms with van der Waals surface area (Å²) in [6, 6.07) is 53.8. The van der Waals surface area contributed by atoms with Crippen LogP contribution in [0.25, 0.3) is 64.7 Å². The van der Waals surface area contributed by atoms with Gasteiger partial charge in [0, 0.05) is 140 Å². The van der Waals surface area contributed by atoms with Crippen molar-refractivity contribution >= 4 is 63.6 Å². The molecule has 0 bridgehead atoms. The van der Waals surface area contributed by atoms with E-state index in [1.165, 1.54) is 87.9 Å². The summed E-state index contributed by atoms with van der Waals surface area (Å²) in [5.41, 5.74) is 37.0. The van der Waals surface area contributed by atoms with Crippen molar-refractivity contribution < 1.29 is 104 Å². The van der Waals surface area contributed by atoms with Crippen LogP contribution >= 0.6 is 45.2 Å². The molecule has 0 aliphatic heterocycles. The molecular weight excluding hydrogens is 1380 g/mol. The summed E-state index contributed by atoms with van der Waals surface area (Å²) >= 11 is 3.12. The van der Waals surface area contributed by atoms with E-state index in [1.807, 2.05) is 46.3 Å². The van der Waals surface area contributed by atoms with E-state index in [0.29, 0.717) is 0 Å². The molecule has 0 aromatic heterocycles. The summed E-state index contributed by atoms with van der Waals surface area (Å²) in [5.74, 6) is 0. The topological polar surface area (TPSA) is 146 Å². The SMILES string of the molecule is CI.CN=[N+]=[N-].CN=[N+]=[N-].CN=[N+]=[N-].C[125I].Cc1c[c-]c(-c2ccccc2)c(C)c1.Cc1c[c-]c(-c2ccccc2)c(C)c1.Cc1c[c-]c(-c2ccccc2)c(C)c1.[CH3][Sn]([CH3])([CH3])[CH3].[HH].[HH].[HH].[HH].[Y].[Y].[Y]. The Morgan fingerprint density at radius 2 is 0.621 bits per heavy atom. The van der Waals surface area contributed by atoms with Crippen molar-refractivity contribution in [2.24, 2.45) is 15.3 Å². The van der Waals surface area contributed by atoms with Gasteiger partial charge in [-0.05, 0) is 26.5 Å². The Hall–Kier alpha value is -1.18. The molecule has 0 fully saturated rings. The van der Waals surface area contributed by atoms with Gasteiger partial charge in [0.25, 0.3) is 0 Å². The Morgan fingerprint density at radius 3 is 0.758 bits per heavy atom. The van der Waals surface area contributed by atoms with Crippen molar-refractivity contribution in [3.8, 4) is 33.4 Å². The molecule has 0 saturated carbocycles. The van der Waals surface area contributed by atoms with Crippen molar-refractivity contribution in [1.29, 1.82) is 0 Å². The molecular formula is C51H74I2N9SnY3-3. The van der Waals surface area contributed by atoms with E-state index in [2.05, 4.69) is 246 Å². The van der Waals surface area contributed by atoms with E-state index in [-0.39, 0.29) is 104 Å². The first-order chi connectivity index (χ1) is 30.1. The molecule has 6 aromatic rings. The first kappa shape index (κ1) is 76.3. The average Bonchev–Trinajstić information content (AvgIpc) is 3.29. The fourth-order valence-electron chi connectivity index (χ4n) is 5.01. The van der Waals surface area contributed by atoms with Gasteiger partial charge >= 0.3 is 38.1 Å². The van der Waals surface area contributed by atoms with E-state index in [0.717, 1.165) is 0 Å². The van der Waals surface area contributed by atoms with Crippen molar-refractivity contribution in [2.75, 3.05) is 31.0 Å². The zero-order valence-electron chi connectivity index (χ0n) is 41.6. The maximum Gasteiger partial charge on any atom is 0 e. The third kappa shape index (κ3) is 40.7. The molecule has 3 radical (unpaired) electrons. The van der Waals surface area contributed by atoms with Crippen molar-refractivity contribution in [3.05, 3.63) is 210 Å². The minimum atomic E-state index is -1.18. The molecule has 9 nitrogen and oxygen atoms in total. The molecule has 6 rings (SSSR count). The predicted molar refractivity (Wildman–Crippen MR) is 303 cm³/mol. The second-order valence-corrected chi connectivity index (χ2v) is 31.8. The number of halogens is 2. The fraction of sp³-hybridized carbons (Fsp3) is 0.294. The Labute approximate surface area is 511 Å². The largest absolute Gasteiger partial charge is 0 e. The molecule has 15 heteroatoms. The number of benzene rings is 6. The van der Waals surface area contributed by atoms with Crippen LogP contribution in [0.5, 0.6) is 0 Å². The molecule has 0 amide bonds. The number of azide groups is 3. The van der Waals surface area contributed by atoms with Gasteiger partial charge in [-0.1, -0.05) is 210 Å². The van der Waals surface area contributed by atoms with Gasteiger partial charge in [0.15, 0.2) is 0 Å². The molecule has 0 N–H and O–H groups in total. The zero-order chi connectivity index (χ0) is 48.6. The molecule has 0 heterocycles. The summed E-state index contributed by atoms with van der Waals surface area (Å²) in [6.45, 7) is 12.7. The maximum absolute atomic E-state index is 7.33. The van der Waals surface area contributed by atoms with Crippen molar-refractivity contribution in [2.45, 2.75) is 61.3 Å². The van der Waals surface area contributed by atoms with Crippen LogP contribution in [0.2, 0.25) is 19.8 Å². The molecule has 0 unspecified atom stereocenters. The Balaban J connectivity index is -0.0000000773. The minimum absolute atomic E-state index is 0. The number of nitrogens with zero attached hydrogens (tertiary/aromatic N) is 9. The summed E-state index contributed by atoms with van der Waals surface area (Å²) in [4.78, 5) is 20.6. The molecule has 66 heavy (non-hydrogen) atoms. The van der Waals surface area contributed by atoms with Crippen LogP contribution in [0.3, 0.4) is 0 Å². The Morgan fingerprint density at radius 1 is 0.455 bits per heavy atom. The number of aryl methyl sites for hydroxylation is 6. The summed E-state index contributed by atoms with van der Waals surface area (Å²) in [6.07, 6.45) is 0.